The number of Topliss-reactive ketones (excluding diaryl/α,β-unsaturated/α-hetero) is 1. The Morgan fingerprint density at radius 2 is 1.77 bits per heavy atom. The van der Waals surface area contributed by atoms with Crippen molar-refractivity contribution in [3.63, 3.8) is 0 Å². The Bertz CT molecular complexity index is 695. The van der Waals surface area contributed by atoms with Crippen LogP contribution in [-0.2, 0) is 19.1 Å². The zero-order valence-corrected chi connectivity index (χ0v) is 15.9. The maximum absolute atomic E-state index is 13.1. The zero-order valence-electron chi connectivity index (χ0n) is 15.9. The molecule has 3 fully saturated rings. The van der Waals surface area contributed by atoms with E-state index in [0.29, 0.717) is 24.5 Å². The summed E-state index contributed by atoms with van der Waals surface area (Å²) in [5, 5.41) is 0. The molecule has 3 saturated carbocycles. The molecule has 6 atom stereocenters. The van der Waals surface area contributed by atoms with E-state index in [-0.39, 0.29) is 34.6 Å². The Hall–Kier alpha value is -1.65. The van der Waals surface area contributed by atoms with Crippen LogP contribution in [0.15, 0.2) is 11.6 Å². The number of carbonyl (C=O) groups excluding carboxylic acids is 3. The van der Waals surface area contributed by atoms with Crippen LogP contribution < -0.4 is 0 Å². The Labute approximate surface area is 154 Å². The number of methoxy groups -OCH3 is 1. The molecule has 0 unspecified atom stereocenters. The van der Waals surface area contributed by atoms with Gasteiger partial charge in [0, 0.05) is 24.2 Å². The minimum absolute atomic E-state index is 0.0213. The SMILES string of the molecule is COC(=O)O[C@H]1CC[C@@]2(C)C(=CC(=O)[C@@H]3[C@@H]2CC[C@]2(C)C(=O)CC[C@@H]32)C1. The molecule has 0 bridgehead atoms. The predicted molar refractivity (Wildman–Crippen MR) is 94.4 cm³/mol. The van der Waals surface area contributed by atoms with Gasteiger partial charge in [0.15, 0.2) is 5.78 Å². The van der Waals surface area contributed by atoms with Crippen molar-refractivity contribution in [2.75, 3.05) is 7.11 Å². The lowest BCUT2D eigenvalue weighted by Gasteiger charge is -2.55. The van der Waals surface area contributed by atoms with Crippen LogP contribution in [0.2, 0.25) is 0 Å². The first-order chi connectivity index (χ1) is 12.3. The van der Waals surface area contributed by atoms with Crippen LogP contribution in [0, 0.1) is 28.6 Å². The number of ether oxygens (including phenoxy) is 2. The van der Waals surface area contributed by atoms with Gasteiger partial charge >= 0.3 is 6.16 Å². The van der Waals surface area contributed by atoms with Gasteiger partial charge in [0.05, 0.1) is 7.11 Å². The molecule has 0 saturated heterocycles. The van der Waals surface area contributed by atoms with E-state index < -0.39 is 6.16 Å². The number of hydrogen-bond donors (Lipinski definition) is 0. The average Bonchev–Trinajstić information content (AvgIpc) is 2.91. The standard InChI is InChI=1S/C21H28O5/c1-20-8-6-13(26-19(24)25-3)10-12(20)11-16(22)18-14-4-5-17(23)21(14,2)9-7-15(18)20/h11,13-15,18H,4-10H2,1-3H3/t13-,14-,15-,18-,20-,21-/m0/s1. The molecule has 142 valence electrons. The first-order valence-corrected chi connectivity index (χ1v) is 9.82. The van der Waals surface area contributed by atoms with Gasteiger partial charge in [-0.2, -0.15) is 0 Å². The van der Waals surface area contributed by atoms with Gasteiger partial charge in [0.2, 0.25) is 0 Å². The summed E-state index contributed by atoms with van der Waals surface area (Å²) in [5.41, 5.74) is 0.794. The molecule has 4 rings (SSSR count). The second-order valence-electron chi connectivity index (χ2n) is 9.08. The molecular formula is C21H28O5. The molecule has 0 spiro atoms. The Morgan fingerprint density at radius 1 is 1.08 bits per heavy atom. The van der Waals surface area contributed by atoms with Gasteiger partial charge in [-0.3, -0.25) is 9.59 Å². The lowest BCUT2D eigenvalue weighted by molar-refractivity contribution is -0.139. The van der Waals surface area contributed by atoms with Crippen molar-refractivity contribution in [2.24, 2.45) is 28.6 Å². The maximum atomic E-state index is 13.1. The number of rotatable bonds is 1. The summed E-state index contributed by atoms with van der Waals surface area (Å²) in [5.74, 6) is 1.01. The van der Waals surface area contributed by atoms with E-state index in [1.807, 2.05) is 6.08 Å². The molecule has 0 N–H and O–H groups in total. The third-order valence-electron chi connectivity index (χ3n) is 8.04. The van der Waals surface area contributed by atoms with E-state index >= 15 is 0 Å². The third-order valence-corrected chi connectivity index (χ3v) is 8.04. The van der Waals surface area contributed by atoms with Crippen molar-refractivity contribution in [2.45, 2.75) is 64.9 Å². The van der Waals surface area contributed by atoms with Crippen molar-refractivity contribution in [3.8, 4) is 0 Å². The molecule has 0 heterocycles. The highest BCUT2D eigenvalue weighted by Gasteiger charge is 2.61. The molecule has 0 aromatic rings. The van der Waals surface area contributed by atoms with Gasteiger partial charge in [-0.1, -0.05) is 19.4 Å². The number of hydrogen-bond acceptors (Lipinski definition) is 5. The van der Waals surface area contributed by atoms with Gasteiger partial charge in [-0.15, -0.1) is 0 Å². The lowest BCUT2D eigenvalue weighted by Crippen LogP contribution is -2.53. The van der Waals surface area contributed by atoms with Crippen molar-refractivity contribution in [1.29, 1.82) is 0 Å². The fourth-order valence-electron chi connectivity index (χ4n) is 6.43. The summed E-state index contributed by atoms with van der Waals surface area (Å²) in [6.45, 7) is 4.36. The minimum Gasteiger partial charge on any atom is -0.438 e. The quantitative estimate of drug-likeness (QED) is 0.664. The third kappa shape index (κ3) is 2.39. The summed E-state index contributed by atoms with van der Waals surface area (Å²) < 4.78 is 9.96. The van der Waals surface area contributed by atoms with Crippen molar-refractivity contribution in [3.05, 3.63) is 11.6 Å². The largest absolute Gasteiger partial charge is 0.508 e. The number of ketones is 2. The molecule has 0 aromatic carbocycles. The van der Waals surface area contributed by atoms with Gasteiger partial charge in [-0.05, 0) is 55.4 Å². The molecule has 5 nitrogen and oxygen atoms in total. The normalized spacial score (nSPS) is 44.5. The highest BCUT2D eigenvalue weighted by Crippen LogP contribution is 2.63. The van der Waals surface area contributed by atoms with Crippen molar-refractivity contribution < 1.29 is 23.9 Å². The highest BCUT2D eigenvalue weighted by atomic mass is 16.7. The molecule has 4 aliphatic carbocycles. The maximum Gasteiger partial charge on any atom is 0.508 e. The van der Waals surface area contributed by atoms with Crippen molar-refractivity contribution in [1.82, 2.24) is 0 Å². The first-order valence-electron chi connectivity index (χ1n) is 9.82. The molecule has 5 heteroatoms. The minimum atomic E-state index is -0.655. The molecule has 0 amide bonds. The van der Waals surface area contributed by atoms with Crippen LogP contribution >= 0.6 is 0 Å². The lowest BCUT2D eigenvalue weighted by atomic mass is 9.48. The second-order valence-corrected chi connectivity index (χ2v) is 9.08. The Kier molecular flexibility index (Phi) is 4.05. The van der Waals surface area contributed by atoms with Gasteiger partial charge in [0.25, 0.3) is 0 Å². The van der Waals surface area contributed by atoms with E-state index in [4.69, 9.17) is 4.74 Å². The van der Waals surface area contributed by atoms with E-state index in [9.17, 15) is 14.4 Å². The molecule has 26 heavy (non-hydrogen) atoms. The second kappa shape index (κ2) is 5.93. The fourth-order valence-corrected chi connectivity index (χ4v) is 6.43. The number of carbonyl (C=O) groups is 3. The van der Waals surface area contributed by atoms with Gasteiger partial charge in [0.1, 0.15) is 11.9 Å². The van der Waals surface area contributed by atoms with Gasteiger partial charge < -0.3 is 9.47 Å². The summed E-state index contributed by atoms with van der Waals surface area (Å²) in [4.78, 5) is 37.0. The van der Waals surface area contributed by atoms with E-state index in [2.05, 4.69) is 18.6 Å². The molecule has 4 aliphatic rings. The Morgan fingerprint density at radius 3 is 2.50 bits per heavy atom. The highest BCUT2D eigenvalue weighted by molar-refractivity contribution is 5.96. The summed E-state index contributed by atoms with van der Waals surface area (Å²) in [6.07, 6.45) is 6.58. The van der Waals surface area contributed by atoms with Crippen LogP contribution in [0.1, 0.15) is 58.8 Å². The first kappa shape index (κ1) is 17.7. The number of allylic oxidation sites excluding steroid dienone is 1. The van der Waals surface area contributed by atoms with Gasteiger partial charge in [-0.25, -0.2) is 4.79 Å². The predicted octanol–water partition coefficient (Wildman–Crippen LogP) is 3.85. The average molecular weight is 360 g/mol. The van der Waals surface area contributed by atoms with Crippen LogP contribution in [0.25, 0.3) is 0 Å². The zero-order chi connectivity index (χ0) is 18.7. The Balaban J connectivity index is 1.63. The smallest absolute Gasteiger partial charge is 0.438 e. The molecule has 0 aliphatic heterocycles. The van der Waals surface area contributed by atoms with Crippen LogP contribution in [-0.4, -0.2) is 30.9 Å². The summed E-state index contributed by atoms with van der Waals surface area (Å²) in [7, 11) is 1.31. The van der Waals surface area contributed by atoms with E-state index in [0.717, 1.165) is 37.7 Å². The van der Waals surface area contributed by atoms with E-state index in [1.165, 1.54) is 7.11 Å². The van der Waals surface area contributed by atoms with Crippen LogP contribution in [0.5, 0.6) is 0 Å². The molecular weight excluding hydrogens is 332 g/mol. The number of fused-ring (bicyclic) bond motifs is 5. The molecule has 0 aromatic heterocycles. The van der Waals surface area contributed by atoms with Crippen LogP contribution in [0.3, 0.4) is 0 Å². The summed E-state index contributed by atoms with van der Waals surface area (Å²) in [6, 6.07) is 0. The fraction of sp³-hybridized carbons (Fsp3) is 0.762. The topological polar surface area (TPSA) is 69.7 Å². The van der Waals surface area contributed by atoms with Crippen molar-refractivity contribution >= 4 is 17.7 Å². The summed E-state index contributed by atoms with van der Waals surface area (Å²) >= 11 is 0. The van der Waals surface area contributed by atoms with E-state index in [1.54, 1.807) is 0 Å². The molecule has 0 radical (unpaired) electrons. The van der Waals surface area contributed by atoms with Crippen LogP contribution in [0.4, 0.5) is 4.79 Å². The monoisotopic (exact) mass is 360 g/mol.